The number of carboxylic acids is 1. The molecule has 1 N–H and O–H groups in total. The number of rotatable bonds is 4. The van der Waals surface area contributed by atoms with Crippen molar-refractivity contribution in [2.75, 3.05) is 0 Å². The van der Waals surface area contributed by atoms with Gasteiger partial charge >= 0.3 is 5.97 Å². The van der Waals surface area contributed by atoms with E-state index < -0.39 is 11.4 Å². The van der Waals surface area contributed by atoms with Crippen LogP contribution in [0, 0.1) is 0 Å². The average molecular weight is 407 g/mol. The third-order valence-corrected chi connectivity index (χ3v) is 3.94. The fourth-order valence-electron chi connectivity index (χ4n) is 2.93. The first-order valence-corrected chi connectivity index (χ1v) is 7.16. The summed E-state index contributed by atoms with van der Waals surface area (Å²) in [5.74, 6) is -0.879. The molecule has 3 rings (SSSR count). The molecule has 0 amide bonds. The molecular formula is C20H16O2Sn. The molecule has 3 aromatic carbocycles. The summed E-state index contributed by atoms with van der Waals surface area (Å²) in [6.07, 6.45) is 0. The van der Waals surface area contributed by atoms with Crippen LogP contribution in [0.15, 0.2) is 91.0 Å². The number of carboxylic acid groups (broad SMARTS) is 1. The zero-order valence-electron chi connectivity index (χ0n) is 12.5. The second-order valence-electron chi connectivity index (χ2n) is 5.15. The summed E-state index contributed by atoms with van der Waals surface area (Å²) in [6.45, 7) is 0. The van der Waals surface area contributed by atoms with Crippen molar-refractivity contribution in [2.24, 2.45) is 0 Å². The van der Waals surface area contributed by atoms with Gasteiger partial charge in [-0.1, -0.05) is 91.0 Å². The number of hydrogen-bond donors (Lipinski definition) is 1. The van der Waals surface area contributed by atoms with Crippen LogP contribution >= 0.6 is 0 Å². The first-order chi connectivity index (χ1) is 10.8. The Hall–Kier alpha value is -2.07. The van der Waals surface area contributed by atoms with E-state index in [-0.39, 0.29) is 23.9 Å². The molecule has 0 fully saturated rings. The summed E-state index contributed by atoms with van der Waals surface area (Å²) in [5.41, 5.74) is 1.05. The van der Waals surface area contributed by atoms with Crippen molar-refractivity contribution in [3.63, 3.8) is 0 Å². The van der Waals surface area contributed by atoms with Crippen LogP contribution in [-0.4, -0.2) is 35.0 Å². The van der Waals surface area contributed by atoms with Gasteiger partial charge in [0.15, 0.2) is 0 Å². The molecule has 23 heavy (non-hydrogen) atoms. The Labute approximate surface area is 152 Å². The van der Waals surface area contributed by atoms with Crippen LogP contribution in [0.3, 0.4) is 0 Å². The van der Waals surface area contributed by atoms with Gasteiger partial charge in [-0.3, -0.25) is 4.79 Å². The van der Waals surface area contributed by atoms with Gasteiger partial charge in [0.2, 0.25) is 0 Å². The molecule has 0 spiro atoms. The van der Waals surface area contributed by atoms with Crippen LogP contribution in [0.25, 0.3) is 0 Å². The van der Waals surface area contributed by atoms with E-state index in [9.17, 15) is 9.90 Å². The molecule has 3 heteroatoms. The second kappa shape index (κ2) is 7.46. The number of benzene rings is 3. The third-order valence-electron chi connectivity index (χ3n) is 3.94. The SMILES string of the molecule is O=C(O)C(c1ccccc1)(c1ccccc1)c1ccccc1.[Sn]. The largest absolute Gasteiger partial charge is 0.480 e. The Morgan fingerprint density at radius 2 is 0.870 bits per heavy atom. The number of hydrogen-bond acceptors (Lipinski definition) is 1. The molecule has 3 aromatic rings. The molecule has 0 heterocycles. The van der Waals surface area contributed by atoms with E-state index in [0.717, 1.165) is 16.7 Å². The predicted molar refractivity (Wildman–Crippen MR) is 92.6 cm³/mol. The molecule has 0 unspecified atom stereocenters. The van der Waals surface area contributed by atoms with Crippen molar-refractivity contribution in [1.82, 2.24) is 0 Å². The van der Waals surface area contributed by atoms with Crippen LogP contribution in [0.4, 0.5) is 0 Å². The molecule has 2 nitrogen and oxygen atoms in total. The normalized spacial score (nSPS) is 10.6. The van der Waals surface area contributed by atoms with Gasteiger partial charge in [0.25, 0.3) is 0 Å². The Bertz CT molecular complexity index is 659. The molecule has 0 aliphatic rings. The predicted octanol–water partition coefficient (Wildman–Crippen LogP) is 3.72. The minimum atomic E-state index is -1.20. The van der Waals surface area contributed by atoms with E-state index in [1.165, 1.54) is 0 Å². The van der Waals surface area contributed by atoms with Crippen molar-refractivity contribution >= 4 is 29.9 Å². The van der Waals surface area contributed by atoms with Gasteiger partial charge < -0.3 is 5.11 Å². The van der Waals surface area contributed by atoms with E-state index in [1.54, 1.807) is 0 Å². The Morgan fingerprint density at radius 1 is 0.609 bits per heavy atom. The molecular weight excluding hydrogens is 391 g/mol. The van der Waals surface area contributed by atoms with Crippen molar-refractivity contribution in [3.8, 4) is 0 Å². The molecule has 0 aliphatic carbocycles. The minimum Gasteiger partial charge on any atom is -0.480 e. The Kier molecular flexibility index (Phi) is 5.61. The van der Waals surface area contributed by atoms with Crippen LogP contribution < -0.4 is 0 Å². The molecule has 112 valence electrons. The summed E-state index contributed by atoms with van der Waals surface area (Å²) in [7, 11) is 0. The average Bonchev–Trinajstić information content (AvgIpc) is 2.58. The van der Waals surface area contributed by atoms with Crippen molar-refractivity contribution in [1.29, 1.82) is 0 Å². The van der Waals surface area contributed by atoms with Crippen LogP contribution in [-0.2, 0) is 10.2 Å². The summed E-state index contributed by atoms with van der Waals surface area (Å²) in [6, 6.07) is 28.1. The molecule has 0 saturated heterocycles. The zero-order valence-corrected chi connectivity index (χ0v) is 15.4. The standard InChI is InChI=1S/C20H16O2.Sn/c21-19(22)20(16-10-4-1-5-11-16,17-12-6-2-7-13-17)18-14-8-3-9-15-18;/h1-15H,(H,21,22);. The third kappa shape index (κ3) is 3.04. The fraction of sp³-hybridized carbons (Fsp3) is 0.0500. The van der Waals surface area contributed by atoms with E-state index in [1.807, 2.05) is 91.0 Å². The van der Waals surface area contributed by atoms with Crippen LogP contribution in [0.5, 0.6) is 0 Å². The van der Waals surface area contributed by atoms with Gasteiger partial charge in [-0.25, -0.2) is 0 Å². The van der Waals surface area contributed by atoms with Crippen molar-refractivity contribution in [2.45, 2.75) is 5.41 Å². The summed E-state index contributed by atoms with van der Waals surface area (Å²) >= 11 is 0. The van der Waals surface area contributed by atoms with Crippen LogP contribution in [0.1, 0.15) is 16.7 Å². The second-order valence-corrected chi connectivity index (χ2v) is 5.15. The molecule has 0 saturated carbocycles. The van der Waals surface area contributed by atoms with E-state index in [2.05, 4.69) is 0 Å². The quantitative estimate of drug-likeness (QED) is 0.529. The van der Waals surface area contributed by atoms with Gasteiger partial charge in [-0.2, -0.15) is 0 Å². The maximum absolute atomic E-state index is 12.4. The van der Waals surface area contributed by atoms with Crippen LogP contribution in [0.2, 0.25) is 0 Å². The first kappa shape index (κ1) is 17.3. The van der Waals surface area contributed by atoms with E-state index in [0.29, 0.717) is 0 Å². The fourth-order valence-corrected chi connectivity index (χ4v) is 2.93. The maximum Gasteiger partial charge on any atom is 0.323 e. The number of carbonyl (C=O) groups is 1. The molecule has 0 atom stereocenters. The van der Waals surface area contributed by atoms with Gasteiger partial charge in [0.05, 0.1) is 0 Å². The van der Waals surface area contributed by atoms with Gasteiger partial charge in [0.1, 0.15) is 5.41 Å². The molecule has 4 radical (unpaired) electrons. The summed E-state index contributed by atoms with van der Waals surface area (Å²) in [5, 5.41) is 10.2. The number of aliphatic carboxylic acids is 1. The molecule has 0 bridgehead atoms. The Morgan fingerprint density at radius 3 is 1.09 bits per heavy atom. The minimum absolute atomic E-state index is 0. The van der Waals surface area contributed by atoms with Gasteiger partial charge in [-0.15, -0.1) is 0 Å². The van der Waals surface area contributed by atoms with E-state index in [4.69, 9.17) is 0 Å². The monoisotopic (exact) mass is 408 g/mol. The summed E-state index contributed by atoms with van der Waals surface area (Å²) in [4.78, 5) is 12.4. The van der Waals surface area contributed by atoms with E-state index >= 15 is 0 Å². The topological polar surface area (TPSA) is 37.3 Å². The van der Waals surface area contributed by atoms with Crippen molar-refractivity contribution in [3.05, 3.63) is 108 Å². The molecule has 0 aromatic heterocycles. The van der Waals surface area contributed by atoms with Gasteiger partial charge in [0, 0.05) is 23.9 Å². The smallest absolute Gasteiger partial charge is 0.323 e. The maximum atomic E-state index is 12.4. The van der Waals surface area contributed by atoms with Gasteiger partial charge in [-0.05, 0) is 16.7 Å². The summed E-state index contributed by atoms with van der Waals surface area (Å²) < 4.78 is 0. The van der Waals surface area contributed by atoms with Crippen molar-refractivity contribution < 1.29 is 9.90 Å². The zero-order chi connectivity index (χ0) is 15.4. The first-order valence-electron chi connectivity index (χ1n) is 7.16. The Balaban J connectivity index is 0.00000192. The molecule has 0 aliphatic heterocycles.